The molecule has 1 aromatic heterocycles. The van der Waals surface area contributed by atoms with Crippen LogP contribution in [0.4, 0.5) is 4.39 Å². The van der Waals surface area contributed by atoms with Gasteiger partial charge in [0.1, 0.15) is 0 Å². The van der Waals surface area contributed by atoms with E-state index in [-0.39, 0.29) is 5.82 Å². The topological polar surface area (TPSA) is 27.1 Å². The van der Waals surface area contributed by atoms with Crippen molar-refractivity contribution in [2.75, 3.05) is 6.61 Å². The second kappa shape index (κ2) is 6.00. The summed E-state index contributed by atoms with van der Waals surface area (Å²) in [6.07, 6.45) is 2.44. The molecule has 0 aliphatic rings. The Hall–Kier alpha value is -1.36. The van der Waals surface area contributed by atoms with Gasteiger partial charge in [-0.15, -0.1) is 0 Å². The maximum Gasteiger partial charge on any atom is 0.165 e. The van der Waals surface area contributed by atoms with Crippen molar-refractivity contribution in [2.24, 2.45) is 7.05 Å². The molecule has 1 heterocycles. The molecule has 0 amide bonds. The normalized spacial score (nSPS) is 10.6. The zero-order valence-corrected chi connectivity index (χ0v) is 11.7. The number of aromatic nitrogens is 2. The van der Waals surface area contributed by atoms with E-state index in [4.69, 9.17) is 4.74 Å². The van der Waals surface area contributed by atoms with Gasteiger partial charge in [0.05, 0.1) is 6.61 Å². The van der Waals surface area contributed by atoms with Gasteiger partial charge in [-0.2, -0.15) is 5.10 Å². The first-order valence-electron chi connectivity index (χ1n) is 5.65. The summed E-state index contributed by atoms with van der Waals surface area (Å²) in [5.41, 5.74) is 1.96. The van der Waals surface area contributed by atoms with Gasteiger partial charge in [-0.05, 0) is 23.8 Å². The summed E-state index contributed by atoms with van der Waals surface area (Å²) < 4.78 is 20.8. The Labute approximate surface area is 114 Å². The molecule has 0 saturated carbocycles. The molecule has 5 heteroatoms. The monoisotopic (exact) mass is 312 g/mol. The van der Waals surface area contributed by atoms with Crippen molar-refractivity contribution in [3.63, 3.8) is 0 Å². The largest absolute Gasteiger partial charge is 0.490 e. The summed E-state index contributed by atoms with van der Waals surface area (Å²) in [5.74, 6) is -0.0289. The second-order valence-electron chi connectivity index (χ2n) is 3.94. The fourth-order valence-electron chi connectivity index (χ4n) is 1.66. The van der Waals surface area contributed by atoms with Crippen molar-refractivity contribution in [3.05, 3.63) is 47.5 Å². The maximum atomic E-state index is 13.6. The minimum atomic E-state index is -0.322. The highest BCUT2D eigenvalue weighted by molar-refractivity contribution is 9.08. The van der Waals surface area contributed by atoms with E-state index in [9.17, 15) is 4.39 Å². The summed E-state index contributed by atoms with van der Waals surface area (Å²) in [7, 11) is 1.88. The Bertz CT molecular complexity index is 527. The van der Waals surface area contributed by atoms with Crippen molar-refractivity contribution in [1.29, 1.82) is 0 Å². The first-order valence-corrected chi connectivity index (χ1v) is 6.77. The summed E-state index contributed by atoms with van der Waals surface area (Å²) in [6, 6.07) is 6.91. The molecule has 0 N–H and O–H groups in total. The van der Waals surface area contributed by atoms with Gasteiger partial charge < -0.3 is 4.74 Å². The van der Waals surface area contributed by atoms with Gasteiger partial charge in [0, 0.05) is 30.7 Å². The van der Waals surface area contributed by atoms with Crippen molar-refractivity contribution in [2.45, 2.75) is 11.8 Å². The van der Waals surface area contributed by atoms with E-state index in [1.807, 2.05) is 19.2 Å². The lowest BCUT2D eigenvalue weighted by Crippen LogP contribution is -2.06. The molecule has 0 spiro atoms. The van der Waals surface area contributed by atoms with Crippen molar-refractivity contribution >= 4 is 15.9 Å². The van der Waals surface area contributed by atoms with E-state index >= 15 is 0 Å². The Kier molecular flexibility index (Phi) is 4.36. The van der Waals surface area contributed by atoms with Gasteiger partial charge in [0.15, 0.2) is 11.6 Å². The molecule has 2 aromatic rings. The number of alkyl halides is 1. The molecule has 3 nitrogen and oxygen atoms in total. The summed E-state index contributed by atoms with van der Waals surface area (Å²) >= 11 is 3.29. The van der Waals surface area contributed by atoms with Crippen molar-refractivity contribution in [1.82, 2.24) is 9.78 Å². The Morgan fingerprint density at radius 1 is 1.39 bits per heavy atom. The van der Waals surface area contributed by atoms with Crippen LogP contribution in [0.2, 0.25) is 0 Å². The van der Waals surface area contributed by atoms with Gasteiger partial charge >= 0.3 is 0 Å². The van der Waals surface area contributed by atoms with Crippen LogP contribution in [0.25, 0.3) is 0 Å². The van der Waals surface area contributed by atoms with E-state index in [0.717, 1.165) is 11.3 Å². The van der Waals surface area contributed by atoms with Crippen LogP contribution in [-0.2, 0) is 18.8 Å². The highest BCUT2D eigenvalue weighted by Gasteiger charge is 2.05. The van der Waals surface area contributed by atoms with Crippen molar-refractivity contribution in [3.8, 4) is 5.75 Å². The molecule has 18 heavy (non-hydrogen) atoms. The number of rotatable bonds is 5. The van der Waals surface area contributed by atoms with E-state index in [1.165, 1.54) is 6.07 Å². The third-order valence-corrected chi connectivity index (χ3v) is 3.34. The zero-order chi connectivity index (χ0) is 13.0. The van der Waals surface area contributed by atoms with Crippen LogP contribution >= 0.6 is 15.9 Å². The third kappa shape index (κ3) is 3.10. The summed E-state index contributed by atoms with van der Waals surface area (Å²) in [6.45, 7) is 0.435. The van der Waals surface area contributed by atoms with Gasteiger partial charge in [0.2, 0.25) is 0 Å². The highest BCUT2D eigenvalue weighted by atomic mass is 79.9. The van der Waals surface area contributed by atoms with Crippen LogP contribution < -0.4 is 4.74 Å². The summed E-state index contributed by atoms with van der Waals surface area (Å²) in [5, 5.41) is 4.70. The number of ether oxygens (including phenoxy) is 1. The lowest BCUT2D eigenvalue weighted by Gasteiger charge is -2.08. The van der Waals surface area contributed by atoms with Gasteiger partial charge in [-0.1, -0.05) is 22.0 Å². The second-order valence-corrected chi connectivity index (χ2v) is 4.50. The van der Waals surface area contributed by atoms with Gasteiger partial charge in [0.25, 0.3) is 0 Å². The van der Waals surface area contributed by atoms with Gasteiger partial charge in [-0.25, -0.2) is 4.39 Å². The standard InChI is InChI=1S/C13H14BrFN2O/c1-17-11(4-6-16-17)5-7-18-13-3-2-10(9-14)8-12(13)15/h2-4,6,8H,5,7,9H2,1H3. The quantitative estimate of drug-likeness (QED) is 0.793. The molecule has 0 aliphatic carbocycles. The Balaban J connectivity index is 1.92. The molecular weight excluding hydrogens is 299 g/mol. The van der Waals surface area contributed by atoms with E-state index in [2.05, 4.69) is 21.0 Å². The maximum absolute atomic E-state index is 13.6. The van der Waals surface area contributed by atoms with Crippen LogP contribution in [0.5, 0.6) is 5.75 Å². The van der Waals surface area contributed by atoms with Crippen molar-refractivity contribution < 1.29 is 9.13 Å². The first kappa shape index (κ1) is 13.1. The van der Waals surface area contributed by atoms with E-state index in [1.54, 1.807) is 16.9 Å². The van der Waals surface area contributed by atoms with Crippen LogP contribution in [0.15, 0.2) is 30.5 Å². The molecule has 0 fully saturated rings. The van der Waals surface area contributed by atoms with Gasteiger partial charge in [-0.3, -0.25) is 4.68 Å². The minimum absolute atomic E-state index is 0.293. The smallest absolute Gasteiger partial charge is 0.165 e. The predicted octanol–water partition coefficient (Wildman–Crippen LogP) is 3.08. The number of nitrogens with zero attached hydrogens (tertiary/aromatic N) is 2. The molecule has 2 rings (SSSR count). The fourth-order valence-corrected chi connectivity index (χ4v) is 2.01. The average molecular weight is 313 g/mol. The number of aryl methyl sites for hydroxylation is 1. The van der Waals surface area contributed by atoms with Crippen LogP contribution in [-0.4, -0.2) is 16.4 Å². The molecule has 0 saturated heterocycles. The lowest BCUT2D eigenvalue weighted by molar-refractivity contribution is 0.302. The van der Waals surface area contributed by atoms with E-state index < -0.39 is 0 Å². The molecule has 0 unspecified atom stereocenters. The van der Waals surface area contributed by atoms with Crippen LogP contribution in [0.3, 0.4) is 0 Å². The molecular formula is C13H14BrFN2O. The Morgan fingerprint density at radius 2 is 2.22 bits per heavy atom. The third-order valence-electron chi connectivity index (χ3n) is 2.69. The molecule has 0 radical (unpaired) electrons. The molecule has 0 bridgehead atoms. The molecule has 1 aromatic carbocycles. The average Bonchev–Trinajstić information content (AvgIpc) is 2.77. The van der Waals surface area contributed by atoms with Crippen LogP contribution in [0, 0.1) is 5.82 Å². The van der Waals surface area contributed by atoms with E-state index in [0.29, 0.717) is 24.1 Å². The molecule has 0 aliphatic heterocycles. The lowest BCUT2D eigenvalue weighted by atomic mass is 10.2. The molecule has 96 valence electrons. The minimum Gasteiger partial charge on any atom is -0.490 e. The zero-order valence-electron chi connectivity index (χ0n) is 10.1. The number of halogens is 2. The first-order chi connectivity index (χ1) is 8.70. The highest BCUT2D eigenvalue weighted by Crippen LogP contribution is 2.19. The number of benzene rings is 1. The fraction of sp³-hybridized carbons (Fsp3) is 0.308. The summed E-state index contributed by atoms with van der Waals surface area (Å²) in [4.78, 5) is 0. The predicted molar refractivity (Wildman–Crippen MR) is 71.4 cm³/mol. The SMILES string of the molecule is Cn1nccc1CCOc1ccc(CBr)cc1F. The van der Waals surface area contributed by atoms with Crippen LogP contribution in [0.1, 0.15) is 11.3 Å². The molecule has 0 atom stereocenters. The number of hydrogen-bond acceptors (Lipinski definition) is 2. The number of hydrogen-bond donors (Lipinski definition) is 0. The Morgan fingerprint density at radius 3 is 2.83 bits per heavy atom.